The Morgan fingerprint density at radius 1 is 1.16 bits per heavy atom. The molecule has 0 aliphatic carbocycles. The molecule has 19 heavy (non-hydrogen) atoms. The number of ether oxygens (including phenoxy) is 1. The van der Waals surface area contributed by atoms with Crippen LogP contribution in [0.4, 0.5) is 0 Å². The number of hydrogen-bond acceptors (Lipinski definition) is 3. The molecule has 1 rings (SSSR count). The lowest BCUT2D eigenvalue weighted by Crippen LogP contribution is -2.43. The van der Waals surface area contributed by atoms with Crippen LogP contribution in [-0.4, -0.2) is 26.6 Å². The average molecular weight is 282 g/mol. The van der Waals surface area contributed by atoms with E-state index in [0.717, 1.165) is 11.5 Å². The van der Waals surface area contributed by atoms with Gasteiger partial charge in [0.05, 0.1) is 6.61 Å². The molecule has 0 aliphatic rings. The van der Waals surface area contributed by atoms with Crippen LogP contribution in [0.25, 0.3) is 0 Å². The first kappa shape index (κ1) is 16.1. The van der Waals surface area contributed by atoms with Gasteiger partial charge in [-0.25, -0.2) is 0 Å². The maximum absolute atomic E-state index is 8.74. The van der Waals surface area contributed by atoms with Crippen LogP contribution in [0.5, 0.6) is 11.5 Å². The second kappa shape index (κ2) is 6.44. The van der Waals surface area contributed by atoms with Crippen LogP contribution in [0, 0.1) is 0 Å². The third-order valence-corrected chi connectivity index (χ3v) is 7.91. The molecule has 0 saturated carbocycles. The van der Waals surface area contributed by atoms with Crippen LogP contribution in [0.2, 0.25) is 18.1 Å². The minimum absolute atomic E-state index is 0.153. The summed E-state index contributed by atoms with van der Waals surface area (Å²) in [6.45, 7) is 11.8. The fraction of sp³-hybridized carbons (Fsp3) is 0.600. The summed E-state index contributed by atoms with van der Waals surface area (Å²) < 4.78 is 11.8. The van der Waals surface area contributed by atoms with E-state index in [2.05, 4.69) is 33.9 Å². The Kier molecular flexibility index (Phi) is 5.44. The van der Waals surface area contributed by atoms with E-state index in [1.165, 1.54) is 0 Å². The molecule has 0 radical (unpaired) electrons. The molecular formula is C15H26O3Si. The topological polar surface area (TPSA) is 38.7 Å². The minimum atomic E-state index is -1.80. The fourth-order valence-corrected chi connectivity index (χ4v) is 2.35. The SMILES string of the molecule is CC(C)(C)[Si](C)(C)Oc1cccc(OCCCO)c1. The Bertz CT molecular complexity index is 397. The molecule has 0 saturated heterocycles. The first-order chi connectivity index (χ1) is 8.76. The average Bonchev–Trinajstić information content (AvgIpc) is 2.27. The van der Waals surface area contributed by atoms with Gasteiger partial charge in [0.2, 0.25) is 8.32 Å². The van der Waals surface area contributed by atoms with Crippen molar-refractivity contribution in [3.05, 3.63) is 24.3 Å². The Morgan fingerprint density at radius 2 is 1.79 bits per heavy atom. The first-order valence-electron chi connectivity index (χ1n) is 6.79. The Balaban J connectivity index is 2.72. The summed E-state index contributed by atoms with van der Waals surface area (Å²) in [5.41, 5.74) is 0. The molecule has 108 valence electrons. The smallest absolute Gasteiger partial charge is 0.250 e. The molecule has 0 fully saturated rings. The monoisotopic (exact) mass is 282 g/mol. The standard InChI is InChI=1S/C15H26O3Si/c1-15(2,3)19(4,5)18-14-9-6-8-13(12-14)17-11-7-10-16/h6,8-9,12,16H,7,10-11H2,1-5H3. The summed E-state index contributed by atoms with van der Waals surface area (Å²) >= 11 is 0. The van der Waals surface area contributed by atoms with Crippen molar-refractivity contribution in [2.24, 2.45) is 0 Å². The maximum Gasteiger partial charge on any atom is 0.250 e. The summed E-state index contributed by atoms with van der Waals surface area (Å²) in [7, 11) is -1.80. The quantitative estimate of drug-likeness (QED) is 0.636. The zero-order valence-corrected chi connectivity index (χ0v) is 13.7. The molecule has 4 heteroatoms. The van der Waals surface area contributed by atoms with Crippen LogP contribution in [0.3, 0.4) is 0 Å². The number of rotatable bonds is 6. The van der Waals surface area contributed by atoms with E-state index < -0.39 is 8.32 Å². The van der Waals surface area contributed by atoms with Gasteiger partial charge >= 0.3 is 0 Å². The number of aliphatic hydroxyl groups excluding tert-OH is 1. The Morgan fingerprint density at radius 3 is 2.37 bits per heavy atom. The lowest BCUT2D eigenvalue weighted by molar-refractivity contribution is 0.233. The summed E-state index contributed by atoms with van der Waals surface area (Å²) in [6.07, 6.45) is 0.646. The second-order valence-corrected chi connectivity index (χ2v) is 11.0. The van der Waals surface area contributed by atoms with Crippen molar-refractivity contribution in [1.29, 1.82) is 0 Å². The molecule has 0 aliphatic heterocycles. The molecule has 0 unspecified atom stereocenters. The van der Waals surface area contributed by atoms with E-state index in [-0.39, 0.29) is 11.6 Å². The number of benzene rings is 1. The van der Waals surface area contributed by atoms with Crippen LogP contribution in [0.1, 0.15) is 27.2 Å². The van der Waals surface area contributed by atoms with Gasteiger partial charge in [-0.05, 0) is 30.3 Å². The highest BCUT2D eigenvalue weighted by Gasteiger charge is 2.38. The van der Waals surface area contributed by atoms with Crippen molar-refractivity contribution < 1.29 is 14.3 Å². The predicted octanol–water partition coefficient (Wildman–Crippen LogP) is 3.83. The normalized spacial score (nSPS) is 12.3. The lowest BCUT2D eigenvalue weighted by Gasteiger charge is -2.36. The first-order valence-corrected chi connectivity index (χ1v) is 9.70. The Labute approximate surface area is 117 Å². The van der Waals surface area contributed by atoms with Gasteiger partial charge in [-0.1, -0.05) is 26.8 Å². The van der Waals surface area contributed by atoms with Gasteiger partial charge in [-0.3, -0.25) is 0 Å². The summed E-state index contributed by atoms with van der Waals surface area (Å²) in [6, 6.07) is 7.75. The largest absolute Gasteiger partial charge is 0.543 e. The molecule has 0 atom stereocenters. The van der Waals surface area contributed by atoms with E-state index in [9.17, 15) is 0 Å². The van der Waals surface area contributed by atoms with Gasteiger partial charge in [-0.2, -0.15) is 0 Å². The zero-order chi connectivity index (χ0) is 14.5. The van der Waals surface area contributed by atoms with Gasteiger partial charge in [0.15, 0.2) is 0 Å². The zero-order valence-electron chi connectivity index (χ0n) is 12.7. The molecule has 0 spiro atoms. The molecular weight excluding hydrogens is 256 g/mol. The van der Waals surface area contributed by atoms with Crippen molar-refractivity contribution in [3.63, 3.8) is 0 Å². The number of hydrogen-bond donors (Lipinski definition) is 1. The van der Waals surface area contributed by atoms with Gasteiger partial charge in [0.25, 0.3) is 0 Å². The van der Waals surface area contributed by atoms with Crippen molar-refractivity contribution in [2.75, 3.05) is 13.2 Å². The summed E-state index contributed by atoms with van der Waals surface area (Å²) in [5, 5.41) is 8.92. The summed E-state index contributed by atoms with van der Waals surface area (Å²) in [5.74, 6) is 1.66. The van der Waals surface area contributed by atoms with Crippen LogP contribution >= 0.6 is 0 Å². The second-order valence-electron chi connectivity index (χ2n) is 6.26. The maximum atomic E-state index is 8.74. The van der Waals surface area contributed by atoms with E-state index in [1.54, 1.807) is 0 Å². The van der Waals surface area contributed by atoms with Crippen molar-refractivity contribution in [1.82, 2.24) is 0 Å². The third kappa shape index (κ3) is 4.88. The minimum Gasteiger partial charge on any atom is -0.543 e. The molecule has 3 nitrogen and oxygen atoms in total. The van der Waals surface area contributed by atoms with Gasteiger partial charge in [-0.15, -0.1) is 0 Å². The van der Waals surface area contributed by atoms with Gasteiger partial charge in [0, 0.05) is 19.1 Å². The fourth-order valence-electron chi connectivity index (χ4n) is 1.33. The van der Waals surface area contributed by atoms with Crippen molar-refractivity contribution in [2.45, 2.75) is 45.3 Å². The Hall–Kier alpha value is -1.00. The van der Waals surface area contributed by atoms with E-state index in [0.29, 0.717) is 13.0 Å². The highest BCUT2D eigenvalue weighted by Crippen LogP contribution is 2.37. The van der Waals surface area contributed by atoms with E-state index in [4.69, 9.17) is 14.3 Å². The van der Waals surface area contributed by atoms with E-state index >= 15 is 0 Å². The van der Waals surface area contributed by atoms with Crippen LogP contribution in [0.15, 0.2) is 24.3 Å². The summed E-state index contributed by atoms with van der Waals surface area (Å²) in [4.78, 5) is 0. The van der Waals surface area contributed by atoms with Crippen molar-refractivity contribution >= 4 is 8.32 Å². The predicted molar refractivity (Wildman–Crippen MR) is 81.5 cm³/mol. The highest BCUT2D eigenvalue weighted by atomic mass is 28.4. The molecule has 0 amide bonds. The molecule has 0 bridgehead atoms. The van der Waals surface area contributed by atoms with Gasteiger partial charge < -0.3 is 14.3 Å². The molecule has 1 aromatic rings. The molecule has 0 aromatic heterocycles. The van der Waals surface area contributed by atoms with Gasteiger partial charge in [0.1, 0.15) is 11.5 Å². The third-order valence-electron chi connectivity index (χ3n) is 3.56. The molecule has 1 N–H and O–H groups in total. The highest BCUT2D eigenvalue weighted by molar-refractivity contribution is 6.74. The number of aliphatic hydroxyl groups is 1. The van der Waals surface area contributed by atoms with Crippen LogP contribution in [-0.2, 0) is 0 Å². The lowest BCUT2D eigenvalue weighted by atomic mass is 10.2. The molecule has 1 aromatic carbocycles. The van der Waals surface area contributed by atoms with Crippen molar-refractivity contribution in [3.8, 4) is 11.5 Å². The van der Waals surface area contributed by atoms with E-state index in [1.807, 2.05) is 24.3 Å². The molecule has 0 heterocycles. The van der Waals surface area contributed by atoms with Crippen LogP contribution < -0.4 is 9.16 Å².